The van der Waals surface area contributed by atoms with Crippen molar-refractivity contribution >= 4 is 0 Å². The Morgan fingerprint density at radius 1 is 1.40 bits per heavy atom. The lowest BCUT2D eigenvalue weighted by atomic mass is 10.1. The lowest BCUT2D eigenvalue weighted by Gasteiger charge is -2.36. The fourth-order valence-corrected chi connectivity index (χ4v) is 1.84. The predicted octanol–water partition coefficient (Wildman–Crippen LogP) is 1.26. The van der Waals surface area contributed by atoms with Gasteiger partial charge in [-0.15, -0.1) is 0 Å². The first-order chi connectivity index (χ1) is 7.29. The molecule has 1 aliphatic rings. The molecule has 2 rings (SSSR count). The van der Waals surface area contributed by atoms with Crippen LogP contribution in [0.4, 0.5) is 0 Å². The van der Waals surface area contributed by atoms with Gasteiger partial charge in [0, 0.05) is 25.2 Å². The minimum absolute atomic E-state index is 0.135. The monoisotopic (exact) mass is 207 g/mol. The molecule has 0 aliphatic carbocycles. The molecule has 0 amide bonds. The summed E-state index contributed by atoms with van der Waals surface area (Å²) in [5, 5.41) is 9.20. The van der Waals surface area contributed by atoms with Crippen molar-refractivity contribution < 1.29 is 9.84 Å². The van der Waals surface area contributed by atoms with Crippen molar-refractivity contribution in [3.8, 4) is 5.75 Å². The highest BCUT2D eigenvalue weighted by atomic mass is 16.5. The van der Waals surface area contributed by atoms with Crippen molar-refractivity contribution in [3.63, 3.8) is 0 Å². The molecule has 0 unspecified atom stereocenters. The first-order valence-corrected chi connectivity index (χ1v) is 5.40. The van der Waals surface area contributed by atoms with Crippen LogP contribution in [0.5, 0.6) is 5.75 Å². The van der Waals surface area contributed by atoms with E-state index in [1.165, 1.54) is 5.56 Å². The lowest BCUT2D eigenvalue weighted by molar-refractivity contribution is -0.00328. The molecule has 3 heteroatoms. The third kappa shape index (κ3) is 2.49. The number of hydrogen-bond donors (Lipinski definition) is 1. The minimum atomic E-state index is -0.135. The summed E-state index contributed by atoms with van der Waals surface area (Å²) in [6, 6.07) is 8.08. The average molecular weight is 207 g/mol. The number of likely N-dealkylation sites (tertiary alicyclic amines) is 1. The molecular formula is C12H17NO2. The summed E-state index contributed by atoms with van der Waals surface area (Å²) >= 11 is 0. The van der Waals surface area contributed by atoms with Gasteiger partial charge in [0.25, 0.3) is 0 Å². The van der Waals surface area contributed by atoms with Gasteiger partial charge in [-0.25, -0.2) is 0 Å². The summed E-state index contributed by atoms with van der Waals surface area (Å²) in [4.78, 5) is 2.21. The Bertz CT molecular complexity index is 321. The first kappa shape index (κ1) is 10.5. The van der Waals surface area contributed by atoms with E-state index in [9.17, 15) is 5.11 Å². The zero-order valence-corrected chi connectivity index (χ0v) is 9.02. The Balaban J connectivity index is 2.00. The zero-order valence-electron chi connectivity index (χ0n) is 9.02. The summed E-state index contributed by atoms with van der Waals surface area (Å²) in [6.07, 6.45) is -0.135. The van der Waals surface area contributed by atoms with Crippen molar-refractivity contribution in [2.24, 2.45) is 0 Å². The van der Waals surface area contributed by atoms with Crippen molar-refractivity contribution in [1.29, 1.82) is 0 Å². The SMILES string of the molecule is CCOc1ccccc1CN1CC(O)C1. The van der Waals surface area contributed by atoms with Crippen molar-refractivity contribution in [3.05, 3.63) is 29.8 Å². The van der Waals surface area contributed by atoms with Gasteiger partial charge in [0.1, 0.15) is 5.75 Å². The summed E-state index contributed by atoms with van der Waals surface area (Å²) in [5.41, 5.74) is 1.20. The fourth-order valence-electron chi connectivity index (χ4n) is 1.84. The number of nitrogens with zero attached hydrogens (tertiary/aromatic N) is 1. The lowest BCUT2D eigenvalue weighted by Crippen LogP contribution is -2.49. The largest absolute Gasteiger partial charge is 0.494 e. The van der Waals surface area contributed by atoms with E-state index < -0.39 is 0 Å². The van der Waals surface area contributed by atoms with E-state index >= 15 is 0 Å². The van der Waals surface area contributed by atoms with Crippen LogP contribution in [0.2, 0.25) is 0 Å². The van der Waals surface area contributed by atoms with Crippen LogP contribution in [0, 0.1) is 0 Å². The second kappa shape index (κ2) is 4.64. The van der Waals surface area contributed by atoms with Gasteiger partial charge in [0.15, 0.2) is 0 Å². The van der Waals surface area contributed by atoms with E-state index in [-0.39, 0.29) is 6.10 Å². The van der Waals surface area contributed by atoms with E-state index in [1.54, 1.807) is 0 Å². The van der Waals surface area contributed by atoms with Crippen LogP contribution < -0.4 is 4.74 Å². The molecule has 0 aromatic heterocycles. The molecule has 3 nitrogen and oxygen atoms in total. The van der Waals surface area contributed by atoms with Crippen LogP contribution in [0.15, 0.2) is 24.3 Å². The molecule has 1 aromatic rings. The maximum atomic E-state index is 9.20. The second-order valence-electron chi connectivity index (χ2n) is 3.89. The van der Waals surface area contributed by atoms with Crippen molar-refractivity contribution in [2.45, 2.75) is 19.6 Å². The minimum Gasteiger partial charge on any atom is -0.494 e. The van der Waals surface area contributed by atoms with E-state index in [0.29, 0.717) is 6.61 Å². The quantitative estimate of drug-likeness (QED) is 0.807. The molecule has 0 bridgehead atoms. The van der Waals surface area contributed by atoms with Crippen LogP contribution in [0.1, 0.15) is 12.5 Å². The van der Waals surface area contributed by atoms with E-state index in [4.69, 9.17) is 4.74 Å². The molecule has 1 N–H and O–H groups in total. The zero-order chi connectivity index (χ0) is 10.7. The van der Waals surface area contributed by atoms with Gasteiger partial charge in [0.05, 0.1) is 12.7 Å². The van der Waals surface area contributed by atoms with Gasteiger partial charge in [-0.2, -0.15) is 0 Å². The highest BCUT2D eigenvalue weighted by molar-refractivity contribution is 5.33. The Morgan fingerprint density at radius 3 is 2.80 bits per heavy atom. The maximum absolute atomic E-state index is 9.20. The predicted molar refractivity (Wildman–Crippen MR) is 58.9 cm³/mol. The average Bonchev–Trinajstić information content (AvgIpc) is 2.19. The third-order valence-corrected chi connectivity index (χ3v) is 2.60. The Hall–Kier alpha value is -1.06. The number of benzene rings is 1. The Kier molecular flexibility index (Phi) is 3.23. The summed E-state index contributed by atoms with van der Waals surface area (Å²) in [5.74, 6) is 0.960. The molecule has 82 valence electrons. The molecule has 1 fully saturated rings. The normalized spacial score (nSPS) is 17.5. The van der Waals surface area contributed by atoms with Crippen LogP contribution >= 0.6 is 0 Å². The Labute approximate surface area is 90.3 Å². The summed E-state index contributed by atoms with van der Waals surface area (Å²) < 4.78 is 5.54. The molecular weight excluding hydrogens is 190 g/mol. The van der Waals surface area contributed by atoms with Gasteiger partial charge in [0.2, 0.25) is 0 Å². The number of aliphatic hydroxyl groups excluding tert-OH is 1. The van der Waals surface area contributed by atoms with Crippen LogP contribution in [0.3, 0.4) is 0 Å². The van der Waals surface area contributed by atoms with Gasteiger partial charge >= 0.3 is 0 Å². The molecule has 15 heavy (non-hydrogen) atoms. The molecule has 0 spiro atoms. The van der Waals surface area contributed by atoms with Crippen LogP contribution in [-0.2, 0) is 6.54 Å². The van der Waals surface area contributed by atoms with E-state index in [0.717, 1.165) is 25.4 Å². The molecule has 0 saturated carbocycles. The topological polar surface area (TPSA) is 32.7 Å². The highest BCUT2D eigenvalue weighted by Crippen LogP contribution is 2.22. The number of rotatable bonds is 4. The third-order valence-electron chi connectivity index (χ3n) is 2.60. The number of aliphatic hydroxyl groups is 1. The molecule has 0 atom stereocenters. The molecule has 1 aromatic carbocycles. The van der Waals surface area contributed by atoms with E-state index in [1.807, 2.05) is 25.1 Å². The van der Waals surface area contributed by atoms with E-state index in [2.05, 4.69) is 11.0 Å². The standard InChI is InChI=1S/C12H17NO2/c1-2-15-12-6-4-3-5-10(12)7-13-8-11(14)9-13/h3-6,11,14H,2,7-9H2,1H3. The molecule has 1 heterocycles. The fraction of sp³-hybridized carbons (Fsp3) is 0.500. The van der Waals surface area contributed by atoms with Gasteiger partial charge < -0.3 is 9.84 Å². The smallest absolute Gasteiger partial charge is 0.123 e. The van der Waals surface area contributed by atoms with Crippen LogP contribution in [0.25, 0.3) is 0 Å². The highest BCUT2D eigenvalue weighted by Gasteiger charge is 2.24. The first-order valence-electron chi connectivity index (χ1n) is 5.40. The van der Waals surface area contributed by atoms with Crippen molar-refractivity contribution in [1.82, 2.24) is 4.90 Å². The van der Waals surface area contributed by atoms with Gasteiger partial charge in [-0.05, 0) is 13.0 Å². The second-order valence-corrected chi connectivity index (χ2v) is 3.89. The van der Waals surface area contributed by atoms with Crippen LogP contribution in [-0.4, -0.2) is 35.8 Å². The number of β-amino-alcohol motifs (C(OH)–C–C–N with tert-alkyl or cyclic N) is 1. The van der Waals surface area contributed by atoms with Gasteiger partial charge in [-0.1, -0.05) is 18.2 Å². The van der Waals surface area contributed by atoms with Crippen molar-refractivity contribution in [2.75, 3.05) is 19.7 Å². The summed E-state index contributed by atoms with van der Waals surface area (Å²) in [6.45, 7) is 5.11. The molecule has 1 saturated heterocycles. The molecule has 0 radical (unpaired) electrons. The summed E-state index contributed by atoms with van der Waals surface area (Å²) in [7, 11) is 0. The molecule has 1 aliphatic heterocycles. The number of hydrogen-bond acceptors (Lipinski definition) is 3. The maximum Gasteiger partial charge on any atom is 0.123 e. The number of ether oxygens (including phenoxy) is 1. The number of para-hydroxylation sites is 1. The Morgan fingerprint density at radius 2 is 2.13 bits per heavy atom. The van der Waals surface area contributed by atoms with Gasteiger partial charge in [-0.3, -0.25) is 4.90 Å².